The van der Waals surface area contributed by atoms with E-state index in [0.717, 1.165) is 6.42 Å². The van der Waals surface area contributed by atoms with Crippen LogP contribution in [0.25, 0.3) is 0 Å². The Morgan fingerprint density at radius 3 is 1.82 bits per heavy atom. The average Bonchev–Trinajstić information content (AvgIpc) is 2.15. The van der Waals surface area contributed by atoms with Crippen molar-refractivity contribution in [3.63, 3.8) is 0 Å². The van der Waals surface area contributed by atoms with Crippen LogP contribution >= 0.6 is 0 Å². The molecule has 0 aromatic heterocycles. The maximum absolute atomic E-state index is 12.9. The summed E-state index contributed by atoms with van der Waals surface area (Å²) in [6.45, 7) is 2.97. The summed E-state index contributed by atoms with van der Waals surface area (Å²) in [6, 6.07) is -1.17. The quantitative estimate of drug-likeness (QED) is 0.663. The van der Waals surface area contributed by atoms with Crippen LogP contribution in [0.4, 0.5) is 22.0 Å². The molecule has 1 aliphatic heterocycles. The van der Waals surface area contributed by atoms with Crippen molar-refractivity contribution in [3.8, 4) is 0 Å². The Morgan fingerprint density at radius 2 is 1.47 bits per heavy atom. The van der Waals surface area contributed by atoms with Crippen LogP contribution in [-0.4, -0.2) is 35.0 Å². The Morgan fingerprint density at radius 1 is 1.06 bits per heavy atom. The van der Waals surface area contributed by atoms with E-state index in [2.05, 4.69) is 0 Å². The molecule has 7 heteroatoms. The predicted octanol–water partition coefficient (Wildman–Crippen LogP) is 2.97. The lowest BCUT2D eigenvalue weighted by Gasteiger charge is -2.40. The van der Waals surface area contributed by atoms with Crippen molar-refractivity contribution in [2.45, 2.75) is 57.3 Å². The molecule has 0 aromatic carbocycles. The summed E-state index contributed by atoms with van der Waals surface area (Å²) < 4.78 is 62.2. The van der Waals surface area contributed by atoms with Crippen molar-refractivity contribution in [1.29, 1.82) is 0 Å². The van der Waals surface area contributed by atoms with E-state index in [-0.39, 0.29) is 0 Å². The topological polar surface area (TPSA) is 20.3 Å². The molecular weight excluding hydrogens is 245 g/mol. The molecule has 0 unspecified atom stereocenters. The Kier molecular flexibility index (Phi) is 3.69. The van der Waals surface area contributed by atoms with E-state index >= 15 is 0 Å². The Labute approximate surface area is 95.8 Å². The lowest BCUT2D eigenvalue weighted by atomic mass is 9.96. The van der Waals surface area contributed by atoms with Crippen LogP contribution in [0.2, 0.25) is 0 Å². The van der Waals surface area contributed by atoms with Gasteiger partial charge in [0.1, 0.15) is 0 Å². The molecule has 2 atom stereocenters. The molecule has 0 aliphatic carbocycles. The fourth-order valence-corrected chi connectivity index (χ4v) is 2.10. The maximum atomic E-state index is 12.9. The van der Waals surface area contributed by atoms with Gasteiger partial charge in [-0.25, -0.2) is 0 Å². The zero-order valence-corrected chi connectivity index (χ0v) is 9.52. The molecule has 2 nitrogen and oxygen atoms in total. The van der Waals surface area contributed by atoms with Gasteiger partial charge in [-0.15, -0.1) is 0 Å². The highest BCUT2D eigenvalue weighted by atomic mass is 19.4. The van der Waals surface area contributed by atoms with Crippen molar-refractivity contribution in [3.05, 3.63) is 0 Å². The lowest BCUT2D eigenvalue weighted by molar-refractivity contribution is -0.276. The second kappa shape index (κ2) is 4.42. The largest absolute Gasteiger partial charge is 0.463 e. The first-order valence-corrected chi connectivity index (χ1v) is 5.36. The van der Waals surface area contributed by atoms with E-state index in [1.54, 1.807) is 0 Å². The fraction of sp³-hybridized carbons (Fsp3) is 0.900. The van der Waals surface area contributed by atoms with E-state index in [1.165, 1.54) is 13.8 Å². The highest BCUT2D eigenvalue weighted by Gasteiger charge is 2.65. The molecule has 0 bridgehead atoms. The molecule has 1 fully saturated rings. The summed E-state index contributed by atoms with van der Waals surface area (Å²) in [7, 11) is 0. The molecule has 17 heavy (non-hydrogen) atoms. The number of nitrogens with zero attached hydrogens (tertiary/aromatic N) is 1. The highest BCUT2D eigenvalue weighted by molar-refractivity contribution is 5.85. The third kappa shape index (κ3) is 2.52. The van der Waals surface area contributed by atoms with Crippen molar-refractivity contribution >= 4 is 5.91 Å². The number of alkyl halides is 5. The fourth-order valence-electron chi connectivity index (χ4n) is 2.10. The number of likely N-dealkylation sites (tertiary alicyclic amines) is 1. The molecule has 0 spiro atoms. The number of carbonyl (C=O) groups is 1. The normalized spacial score (nSPS) is 27.1. The van der Waals surface area contributed by atoms with Crippen LogP contribution < -0.4 is 0 Å². The zero-order chi connectivity index (χ0) is 13.4. The monoisotopic (exact) mass is 259 g/mol. The number of rotatable bonds is 1. The first kappa shape index (κ1) is 14.2. The number of amides is 1. The van der Waals surface area contributed by atoms with Crippen LogP contribution in [0.15, 0.2) is 0 Å². The SMILES string of the molecule is C[C@@H]1CCC[C@H](C)N1C(=O)C(F)(F)C(F)(F)F. The Balaban J connectivity index is 2.95. The molecule has 0 saturated carbocycles. The first-order valence-electron chi connectivity index (χ1n) is 5.36. The van der Waals surface area contributed by atoms with Crippen molar-refractivity contribution in [1.82, 2.24) is 4.90 Å². The van der Waals surface area contributed by atoms with Crippen molar-refractivity contribution < 1.29 is 26.7 Å². The standard InChI is InChI=1S/C10H14F5NO/c1-6-4-3-5-7(2)16(6)8(17)9(11,12)10(13,14)15/h6-7H,3-5H2,1-2H3/t6-,7+. The molecular formula is C10H14F5NO. The molecule has 0 N–H and O–H groups in total. The van der Waals surface area contributed by atoms with E-state index < -0.39 is 30.1 Å². The van der Waals surface area contributed by atoms with E-state index in [9.17, 15) is 26.7 Å². The molecule has 0 radical (unpaired) electrons. The van der Waals surface area contributed by atoms with Gasteiger partial charge in [0.2, 0.25) is 0 Å². The van der Waals surface area contributed by atoms with E-state index in [0.29, 0.717) is 17.7 Å². The highest BCUT2D eigenvalue weighted by Crippen LogP contribution is 2.39. The molecule has 1 amide bonds. The molecule has 1 aliphatic rings. The van der Waals surface area contributed by atoms with Gasteiger partial charge in [-0.1, -0.05) is 0 Å². The number of halogens is 5. The first-order chi connectivity index (χ1) is 7.59. The Bertz CT molecular complexity index is 292. The number of piperidine rings is 1. The summed E-state index contributed by atoms with van der Waals surface area (Å²) in [5, 5.41) is 0. The minimum absolute atomic E-state index is 0.448. The number of carbonyl (C=O) groups excluding carboxylic acids is 1. The minimum Gasteiger partial charge on any atom is -0.332 e. The van der Waals surface area contributed by atoms with Crippen LogP contribution in [0.3, 0.4) is 0 Å². The summed E-state index contributed by atoms with van der Waals surface area (Å²) in [5.74, 6) is -7.43. The smallest absolute Gasteiger partial charge is 0.332 e. The number of hydrogen-bond donors (Lipinski definition) is 0. The summed E-state index contributed by atoms with van der Waals surface area (Å²) in [6.07, 6.45) is -4.21. The van der Waals surface area contributed by atoms with Crippen LogP contribution in [0.5, 0.6) is 0 Å². The third-order valence-corrected chi connectivity index (χ3v) is 3.05. The van der Waals surface area contributed by atoms with Gasteiger partial charge in [-0.2, -0.15) is 22.0 Å². The second-order valence-electron chi connectivity index (χ2n) is 4.41. The van der Waals surface area contributed by atoms with E-state index in [4.69, 9.17) is 0 Å². The molecule has 1 rings (SSSR count). The third-order valence-electron chi connectivity index (χ3n) is 3.05. The Hall–Kier alpha value is -0.880. The predicted molar refractivity (Wildman–Crippen MR) is 50.6 cm³/mol. The summed E-state index contributed by atoms with van der Waals surface area (Å²) in [5.41, 5.74) is 0. The van der Waals surface area contributed by atoms with Crippen LogP contribution in [-0.2, 0) is 4.79 Å². The summed E-state index contributed by atoms with van der Waals surface area (Å²) >= 11 is 0. The molecule has 1 saturated heterocycles. The van der Waals surface area contributed by atoms with Crippen LogP contribution in [0.1, 0.15) is 33.1 Å². The zero-order valence-electron chi connectivity index (χ0n) is 9.52. The maximum Gasteiger partial charge on any atom is 0.463 e. The van der Waals surface area contributed by atoms with E-state index in [1.807, 2.05) is 0 Å². The van der Waals surface area contributed by atoms with Gasteiger partial charge in [0.15, 0.2) is 0 Å². The van der Waals surface area contributed by atoms with Gasteiger partial charge in [0.25, 0.3) is 0 Å². The van der Waals surface area contributed by atoms with Gasteiger partial charge >= 0.3 is 18.0 Å². The van der Waals surface area contributed by atoms with Crippen LogP contribution in [0, 0.1) is 0 Å². The van der Waals surface area contributed by atoms with Gasteiger partial charge in [0.05, 0.1) is 0 Å². The van der Waals surface area contributed by atoms with Crippen molar-refractivity contribution in [2.24, 2.45) is 0 Å². The lowest BCUT2D eigenvalue weighted by Crippen LogP contribution is -2.58. The van der Waals surface area contributed by atoms with Gasteiger partial charge in [-0.05, 0) is 33.1 Å². The minimum atomic E-state index is -5.83. The molecule has 0 aromatic rings. The number of hydrogen-bond acceptors (Lipinski definition) is 1. The van der Waals surface area contributed by atoms with Crippen molar-refractivity contribution in [2.75, 3.05) is 0 Å². The molecule has 100 valence electrons. The van der Waals surface area contributed by atoms with Gasteiger partial charge in [0, 0.05) is 12.1 Å². The van der Waals surface area contributed by atoms with Gasteiger partial charge in [-0.3, -0.25) is 4.79 Å². The summed E-state index contributed by atoms with van der Waals surface area (Å²) in [4.78, 5) is 12.0. The molecule has 1 heterocycles. The average molecular weight is 259 g/mol. The van der Waals surface area contributed by atoms with Gasteiger partial charge < -0.3 is 4.90 Å². The second-order valence-corrected chi connectivity index (χ2v) is 4.41.